The van der Waals surface area contributed by atoms with E-state index in [9.17, 15) is 9.59 Å². The lowest BCUT2D eigenvalue weighted by Crippen LogP contribution is -2.38. The van der Waals surface area contributed by atoms with Crippen LogP contribution < -0.4 is 5.32 Å². The number of hydrogen-bond acceptors (Lipinski definition) is 6. The van der Waals surface area contributed by atoms with Crippen LogP contribution in [0.15, 0.2) is 33.9 Å². The Labute approximate surface area is 156 Å². The molecule has 3 amide bonds. The average molecular weight is 374 g/mol. The fraction of sp³-hybridized carbons (Fsp3) is 0.444. The van der Waals surface area contributed by atoms with E-state index in [0.717, 1.165) is 17.3 Å². The van der Waals surface area contributed by atoms with Gasteiger partial charge in [0.2, 0.25) is 11.8 Å². The normalized spacial score (nSPS) is 15.8. The van der Waals surface area contributed by atoms with E-state index in [1.54, 1.807) is 6.92 Å². The van der Waals surface area contributed by atoms with Crippen molar-refractivity contribution in [3.63, 3.8) is 0 Å². The maximum absolute atomic E-state index is 12.3. The van der Waals surface area contributed by atoms with Gasteiger partial charge < -0.3 is 9.73 Å². The summed E-state index contributed by atoms with van der Waals surface area (Å²) in [5.41, 5.74) is 2.13. The molecule has 0 radical (unpaired) electrons. The van der Waals surface area contributed by atoms with Crippen molar-refractivity contribution < 1.29 is 14.0 Å². The molecule has 1 aliphatic heterocycles. The molecule has 0 saturated carbocycles. The molecule has 1 fully saturated rings. The minimum atomic E-state index is -0.490. The van der Waals surface area contributed by atoms with Crippen LogP contribution in [0.5, 0.6) is 0 Å². The highest BCUT2D eigenvalue weighted by Gasteiger charge is 2.31. The molecule has 1 aromatic heterocycles. The third-order valence-corrected chi connectivity index (χ3v) is 5.07. The van der Waals surface area contributed by atoms with Gasteiger partial charge in [0.25, 0.3) is 5.22 Å². The summed E-state index contributed by atoms with van der Waals surface area (Å²) in [7, 11) is 0. The van der Waals surface area contributed by atoms with E-state index in [1.807, 2.05) is 24.3 Å². The molecule has 0 bridgehead atoms. The molecular formula is C18H22N4O3S. The summed E-state index contributed by atoms with van der Waals surface area (Å²) in [6.45, 7) is 9.06. The number of nitrogens with one attached hydrogen (secondary N) is 1. The summed E-state index contributed by atoms with van der Waals surface area (Å²) in [5, 5.41) is 10.5. The zero-order valence-electron chi connectivity index (χ0n) is 15.3. The Morgan fingerprint density at radius 3 is 2.54 bits per heavy atom. The van der Waals surface area contributed by atoms with Gasteiger partial charge in [-0.2, -0.15) is 0 Å². The number of thioether (sulfide) groups is 1. The molecule has 138 valence electrons. The zero-order valence-corrected chi connectivity index (χ0v) is 16.1. The molecule has 1 N–H and O–H groups in total. The first-order chi connectivity index (χ1) is 12.3. The average Bonchev–Trinajstić information content (AvgIpc) is 3.22. The van der Waals surface area contributed by atoms with Gasteiger partial charge in [0.1, 0.15) is 0 Å². The number of carbonyl (C=O) groups excluding carboxylic acids is 2. The van der Waals surface area contributed by atoms with Crippen LogP contribution in [-0.2, 0) is 10.2 Å². The van der Waals surface area contributed by atoms with E-state index in [1.165, 1.54) is 10.5 Å². The fourth-order valence-corrected chi connectivity index (χ4v) is 3.34. The summed E-state index contributed by atoms with van der Waals surface area (Å²) in [4.78, 5) is 25.1. The van der Waals surface area contributed by atoms with Crippen molar-refractivity contribution in [2.45, 2.75) is 43.6 Å². The van der Waals surface area contributed by atoms with Crippen LogP contribution in [0.3, 0.4) is 0 Å². The number of nitrogens with zero attached hydrogens (tertiary/aromatic N) is 3. The van der Waals surface area contributed by atoms with E-state index in [0.29, 0.717) is 24.2 Å². The minimum Gasteiger partial charge on any atom is -0.411 e. The van der Waals surface area contributed by atoms with Crippen LogP contribution in [0, 0.1) is 0 Å². The number of imide groups is 1. The Morgan fingerprint density at radius 1 is 1.27 bits per heavy atom. The molecule has 8 heteroatoms. The molecule has 26 heavy (non-hydrogen) atoms. The van der Waals surface area contributed by atoms with Crippen LogP contribution in [0.2, 0.25) is 0 Å². The van der Waals surface area contributed by atoms with Crippen LogP contribution in [0.25, 0.3) is 11.5 Å². The van der Waals surface area contributed by atoms with Gasteiger partial charge in [-0.15, -0.1) is 10.2 Å². The van der Waals surface area contributed by atoms with Gasteiger partial charge in [-0.3, -0.25) is 9.69 Å². The fourth-order valence-electron chi connectivity index (χ4n) is 2.59. The Balaban J connectivity index is 1.68. The largest absolute Gasteiger partial charge is 0.411 e. The number of rotatable bonds is 4. The molecule has 0 unspecified atom stereocenters. The van der Waals surface area contributed by atoms with E-state index in [-0.39, 0.29) is 17.4 Å². The molecule has 7 nitrogen and oxygen atoms in total. The van der Waals surface area contributed by atoms with E-state index >= 15 is 0 Å². The van der Waals surface area contributed by atoms with E-state index < -0.39 is 5.25 Å². The van der Waals surface area contributed by atoms with Crippen molar-refractivity contribution in [2.24, 2.45) is 0 Å². The lowest BCUT2D eigenvalue weighted by molar-refractivity contribution is -0.126. The second kappa shape index (κ2) is 7.11. The first-order valence-electron chi connectivity index (χ1n) is 8.46. The van der Waals surface area contributed by atoms with Gasteiger partial charge in [0.15, 0.2) is 0 Å². The predicted molar refractivity (Wildman–Crippen MR) is 98.9 cm³/mol. The van der Waals surface area contributed by atoms with Crippen LogP contribution in [0.1, 0.15) is 33.3 Å². The number of carbonyl (C=O) groups is 2. The van der Waals surface area contributed by atoms with E-state index in [4.69, 9.17) is 4.42 Å². The summed E-state index contributed by atoms with van der Waals surface area (Å²) >= 11 is 1.15. The number of benzene rings is 1. The van der Waals surface area contributed by atoms with Crippen molar-refractivity contribution in [2.75, 3.05) is 13.1 Å². The molecule has 2 heterocycles. The van der Waals surface area contributed by atoms with Gasteiger partial charge in [-0.05, 0) is 30.0 Å². The zero-order chi connectivity index (χ0) is 18.9. The topological polar surface area (TPSA) is 88.3 Å². The van der Waals surface area contributed by atoms with Crippen molar-refractivity contribution >= 4 is 23.7 Å². The van der Waals surface area contributed by atoms with Gasteiger partial charge >= 0.3 is 6.03 Å². The van der Waals surface area contributed by atoms with Gasteiger partial charge in [0.05, 0.1) is 5.25 Å². The third kappa shape index (κ3) is 3.90. The van der Waals surface area contributed by atoms with E-state index in [2.05, 4.69) is 36.3 Å². The highest BCUT2D eigenvalue weighted by molar-refractivity contribution is 8.00. The Kier molecular flexibility index (Phi) is 5.04. The molecule has 1 aromatic carbocycles. The predicted octanol–water partition coefficient (Wildman–Crippen LogP) is 3.07. The smallest absolute Gasteiger partial charge is 0.324 e. The molecule has 3 rings (SSSR count). The third-order valence-electron chi connectivity index (χ3n) is 4.15. The maximum Gasteiger partial charge on any atom is 0.324 e. The number of amides is 3. The monoisotopic (exact) mass is 374 g/mol. The number of hydrogen-bond donors (Lipinski definition) is 1. The minimum absolute atomic E-state index is 0.0754. The summed E-state index contributed by atoms with van der Waals surface area (Å²) in [6, 6.07) is 7.64. The first-order valence-corrected chi connectivity index (χ1v) is 9.34. The molecule has 1 saturated heterocycles. The molecule has 2 aromatic rings. The summed E-state index contributed by atoms with van der Waals surface area (Å²) in [5.74, 6) is 0.144. The quantitative estimate of drug-likeness (QED) is 0.828. The highest BCUT2D eigenvalue weighted by Crippen LogP contribution is 2.29. The Bertz CT molecular complexity index is 811. The molecular weight excluding hydrogens is 352 g/mol. The van der Waals surface area contributed by atoms with Crippen molar-refractivity contribution in [3.05, 3.63) is 29.8 Å². The Morgan fingerprint density at radius 2 is 1.96 bits per heavy atom. The number of aromatic nitrogens is 2. The van der Waals surface area contributed by atoms with Gasteiger partial charge in [0, 0.05) is 18.7 Å². The van der Waals surface area contributed by atoms with Crippen LogP contribution >= 0.6 is 11.8 Å². The first kappa shape index (κ1) is 18.4. The lowest BCUT2D eigenvalue weighted by Gasteiger charge is -2.18. The molecule has 0 aliphatic carbocycles. The number of urea groups is 1. The second-order valence-corrected chi connectivity index (χ2v) is 8.47. The van der Waals surface area contributed by atoms with Crippen molar-refractivity contribution in [1.82, 2.24) is 20.4 Å². The van der Waals surface area contributed by atoms with Crippen LogP contribution in [-0.4, -0.2) is 45.4 Å². The van der Waals surface area contributed by atoms with Gasteiger partial charge in [-0.25, -0.2) is 4.79 Å². The maximum atomic E-state index is 12.3. The van der Waals surface area contributed by atoms with Gasteiger partial charge in [-0.1, -0.05) is 44.7 Å². The lowest BCUT2D eigenvalue weighted by atomic mass is 9.87. The van der Waals surface area contributed by atoms with Crippen LogP contribution in [0.4, 0.5) is 4.79 Å². The van der Waals surface area contributed by atoms with Crippen molar-refractivity contribution in [1.29, 1.82) is 0 Å². The Hall–Kier alpha value is -2.35. The summed E-state index contributed by atoms with van der Waals surface area (Å²) < 4.78 is 5.67. The second-order valence-electron chi connectivity index (χ2n) is 7.18. The van der Waals surface area contributed by atoms with Crippen molar-refractivity contribution in [3.8, 4) is 11.5 Å². The highest BCUT2D eigenvalue weighted by atomic mass is 32.2. The molecule has 1 aliphatic rings. The SMILES string of the molecule is C[C@H](Sc1nnc(-c2ccc(C(C)(C)C)cc2)o1)C(=O)N1CCNC1=O. The molecule has 1 atom stereocenters. The molecule has 0 spiro atoms. The summed E-state index contributed by atoms with van der Waals surface area (Å²) in [6.07, 6.45) is 0. The standard InChI is InChI=1S/C18H22N4O3S/c1-11(15(23)22-10-9-19-16(22)24)26-17-21-20-14(25-17)12-5-7-13(8-6-12)18(2,3)4/h5-8,11H,9-10H2,1-4H3,(H,19,24)/t11-/m0/s1.